The third kappa shape index (κ3) is 7.09. The molecule has 0 spiro atoms. The highest BCUT2D eigenvalue weighted by Gasteiger charge is 2.06. The highest BCUT2D eigenvalue weighted by atomic mass is 35.5. The number of ether oxygens (including phenoxy) is 4. The van der Waals surface area contributed by atoms with E-state index in [9.17, 15) is 0 Å². The summed E-state index contributed by atoms with van der Waals surface area (Å²) in [5, 5.41) is 0.0365. The van der Waals surface area contributed by atoms with Crippen molar-refractivity contribution in [2.75, 3.05) is 40.1 Å². The first-order chi connectivity index (χ1) is 9.26. The van der Waals surface area contributed by atoms with Crippen LogP contribution in [0.2, 0.25) is 5.28 Å². The third-order valence-electron chi connectivity index (χ3n) is 1.94. The van der Waals surface area contributed by atoms with Crippen LogP contribution in [0.5, 0.6) is 12.0 Å². The molecule has 108 valence electrons. The topological polar surface area (TPSA) is 75.6 Å². The number of halogens is 1. The summed E-state index contributed by atoms with van der Waals surface area (Å²) in [4.78, 5) is 11.6. The van der Waals surface area contributed by atoms with E-state index >= 15 is 0 Å². The van der Waals surface area contributed by atoms with Crippen molar-refractivity contribution < 1.29 is 18.9 Å². The molecule has 8 heteroatoms. The summed E-state index contributed by atoms with van der Waals surface area (Å²) in [5.41, 5.74) is 0. The Hall–Kier alpha value is -1.18. The van der Waals surface area contributed by atoms with Crippen molar-refractivity contribution in [2.45, 2.75) is 13.3 Å². The summed E-state index contributed by atoms with van der Waals surface area (Å²) < 4.78 is 20.7. The third-order valence-corrected chi connectivity index (χ3v) is 2.11. The lowest BCUT2D eigenvalue weighted by Crippen LogP contribution is -2.11. The lowest BCUT2D eigenvalue weighted by atomic mass is 10.5. The molecule has 0 unspecified atom stereocenters. The van der Waals surface area contributed by atoms with Crippen LogP contribution in [0.3, 0.4) is 0 Å². The average Bonchev–Trinajstić information content (AvgIpc) is 2.37. The molecule has 0 bridgehead atoms. The van der Waals surface area contributed by atoms with E-state index in [1.807, 2.05) is 6.92 Å². The molecule has 7 nitrogen and oxygen atoms in total. The SMILES string of the molecule is CCOc1nc(Cl)nc(OCCOCCCOC)n1. The van der Waals surface area contributed by atoms with Crippen LogP contribution in [0.25, 0.3) is 0 Å². The van der Waals surface area contributed by atoms with Gasteiger partial charge in [-0.05, 0) is 24.9 Å². The van der Waals surface area contributed by atoms with Gasteiger partial charge in [0.1, 0.15) is 6.61 Å². The number of hydrogen-bond acceptors (Lipinski definition) is 7. The minimum Gasteiger partial charge on any atom is -0.464 e. The fourth-order valence-electron chi connectivity index (χ4n) is 1.17. The first kappa shape index (κ1) is 15.9. The molecular formula is C11H18ClN3O4. The van der Waals surface area contributed by atoms with Gasteiger partial charge in [-0.3, -0.25) is 0 Å². The van der Waals surface area contributed by atoms with Crippen molar-refractivity contribution in [1.29, 1.82) is 0 Å². The Labute approximate surface area is 117 Å². The molecule has 1 heterocycles. The Morgan fingerprint density at radius 2 is 1.68 bits per heavy atom. The number of rotatable bonds is 10. The number of methoxy groups -OCH3 is 1. The Morgan fingerprint density at radius 3 is 2.37 bits per heavy atom. The van der Waals surface area contributed by atoms with Crippen molar-refractivity contribution in [3.63, 3.8) is 0 Å². The van der Waals surface area contributed by atoms with Crippen LogP contribution < -0.4 is 9.47 Å². The molecule has 0 aliphatic rings. The molecule has 0 saturated carbocycles. The molecule has 19 heavy (non-hydrogen) atoms. The van der Waals surface area contributed by atoms with Gasteiger partial charge in [-0.2, -0.15) is 9.97 Å². The Morgan fingerprint density at radius 1 is 0.947 bits per heavy atom. The molecule has 0 aliphatic carbocycles. The van der Waals surface area contributed by atoms with Crippen molar-refractivity contribution in [2.24, 2.45) is 0 Å². The molecule has 1 aromatic rings. The Bertz CT molecular complexity index is 368. The molecule has 0 N–H and O–H groups in total. The van der Waals surface area contributed by atoms with Crippen molar-refractivity contribution >= 4 is 11.6 Å². The second-order valence-electron chi connectivity index (χ2n) is 3.41. The van der Waals surface area contributed by atoms with Crippen LogP contribution in [0.15, 0.2) is 0 Å². The standard InChI is InChI=1S/C11H18ClN3O4/c1-3-18-10-13-9(12)14-11(15-10)19-8-7-17-6-4-5-16-2/h3-8H2,1-2H3. The number of aromatic nitrogens is 3. The minimum absolute atomic E-state index is 0.0365. The van der Waals surface area contributed by atoms with Gasteiger partial charge in [-0.15, -0.1) is 4.98 Å². The maximum atomic E-state index is 5.72. The van der Waals surface area contributed by atoms with Gasteiger partial charge in [-0.25, -0.2) is 0 Å². The van der Waals surface area contributed by atoms with E-state index in [1.54, 1.807) is 7.11 Å². The molecule has 1 rings (SSSR count). The van der Waals surface area contributed by atoms with E-state index < -0.39 is 0 Å². The molecule has 0 atom stereocenters. The van der Waals surface area contributed by atoms with Crippen LogP contribution in [0.1, 0.15) is 13.3 Å². The van der Waals surface area contributed by atoms with Crippen molar-refractivity contribution in [3.8, 4) is 12.0 Å². The molecule has 0 amide bonds. The monoisotopic (exact) mass is 291 g/mol. The Balaban J connectivity index is 2.25. The lowest BCUT2D eigenvalue weighted by Gasteiger charge is -2.07. The molecule has 0 saturated heterocycles. The van der Waals surface area contributed by atoms with E-state index in [0.717, 1.165) is 6.42 Å². The minimum atomic E-state index is 0.0365. The second-order valence-corrected chi connectivity index (χ2v) is 3.75. The molecular weight excluding hydrogens is 274 g/mol. The summed E-state index contributed by atoms with van der Waals surface area (Å²) in [6.07, 6.45) is 0.850. The first-order valence-corrected chi connectivity index (χ1v) is 6.38. The first-order valence-electron chi connectivity index (χ1n) is 6.00. The van der Waals surface area contributed by atoms with Crippen LogP contribution in [0.4, 0.5) is 0 Å². The van der Waals surface area contributed by atoms with Crippen LogP contribution >= 0.6 is 11.6 Å². The number of nitrogens with zero attached hydrogens (tertiary/aromatic N) is 3. The van der Waals surface area contributed by atoms with E-state index in [-0.39, 0.29) is 17.3 Å². The largest absolute Gasteiger partial charge is 0.464 e. The average molecular weight is 292 g/mol. The van der Waals surface area contributed by atoms with Gasteiger partial charge in [0.25, 0.3) is 0 Å². The summed E-state index contributed by atoms with van der Waals surface area (Å²) in [6.45, 7) is 4.35. The van der Waals surface area contributed by atoms with Crippen LogP contribution in [-0.4, -0.2) is 55.1 Å². The quantitative estimate of drug-likeness (QED) is 0.602. The van der Waals surface area contributed by atoms with E-state index in [2.05, 4.69) is 15.0 Å². The van der Waals surface area contributed by atoms with Gasteiger partial charge in [-0.1, -0.05) is 0 Å². The van der Waals surface area contributed by atoms with Crippen molar-refractivity contribution in [3.05, 3.63) is 5.28 Å². The van der Waals surface area contributed by atoms with Crippen LogP contribution in [-0.2, 0) is 9.47 Å². The predicted molar refractivity (Wildman–Crippen MR) is 68.8 cm³/mol. The molecule has 1 aromatic heterocycles. The number of hydrogen-bond donors (Lipinski definition) is 0. The van der Waals surface area contributed by atoms with Crippen LogP contribution in [0, 0.1) is 0 Å². The zero-order valence-electron chi connectivity index (χ0n) is 11.1. The maximum absolute atomic E-state index is 5.72. The summed E-state index contributed by atoms with van der Waals surface area (Å²) in [7, 11) is 1.66. The van der Waals surface area contributed by atoms with E-state index in [0.29, 0.717) is 33.0 Å². The van der Waals surface area contributed by atoms with Gasteiger partial charge in [0.2, 0.25) is 5.28 Å². The van der Waals surface area contributed by atoms with Gasteiger partial charge in [0, 0.05) is 20.3 Å². The molecule has 0 aromatic carbocycles. The molecule has 0 fully saturated rings. The summed E-state index contributed by atoms with van der Waals surface area (Å²) >= 11 is 5.72. The lowest BCUT2D eigenvalue weighted by molar-refractivity contribution is 0.0779. The van der Waals surface area contributed by atoms with Gasteiger partial charge in [0.05, 0.1) is 13.2 Å². The molecule has 0 aliphatic heterocycles. The highest BCUT2D eigenvalue weighted by molar-refractivity contribution is 6.28. The van der Waals surface area contributed by atoms with Gasteiger partial charge >= 0.3 is 12.0 Å². The fourth-order valence-corrected chi connectivity index (χ4v) is 1.32. The van der Waals surface area contributed by atoms with Gasteiger partial charge in [0.15, 0.2) is 0 Å². The summed E-state index contributed by atoms with van der Waals surface area (Å²) in [6, 6.07) is 0.280. The highest BCUT2D eigenvalue weighted by Crippen LogP contribution is 2.12. The Kier molecular flexibility index (Phi) is 8.11. The van der Waals surface area contributed by atoms with E-state index in [1.165, 1.54) is 0 Å². The smallest absolute Gasteiger partial charge is 0.324 e. The summed E-state index contributed by atoms with van der Waals surface area (Å²) in [5.74, 6) is 0. The van der Waals surface area contributed by atoms with E-state index in [4.69, 9.17) is 30.5 Å². The zero-order valence-corrected chi connectivity index (χ0v) is 11.9. The fraction of sp³-hybridized carbons (Fsp3) is 0.727. The van der Waals surface area contributed by atoms with Gasteiger partial charge < -0.3 is 18.9 Å². The zero-order chi connectivity index (χ0) is 13.9. The second kappa shape index (κ2) is 9.71. The maximum Gasteiger partial charge on any atom is 0.324 e. The normalized spacial score (nSPS) is 10.5. The van der Waals surface area contributed by atoms with Crippen molar-refractivity contribution in [1.82, 2.24) is 15.0 Å². The molecule has 0 radical (unpaired) electrons. The predicted octanol–water partition coefficient (Wildman–Crippen LogP) is 1.36.